The Morgan fingerprint density at radius 3 is 2.74 bits per heavy atom. The molecule has 1 aromatic carbocycles. The number of benzene rings is 1. The Balaban J connectivity index is 2.09. The van der Waals surface area contributed by atoms with Gasteiger partial charge < -0.3 is 10.1 Å². The molecule has 128 valence electrons. The van der Waals surface area contributed by atoms with Crippen molar-refractivity contribution in [2.24, 2.45) is 5.92 Å². The third-order valence-corrected chi connectivity index (χ3v) is 5.90. The van der Waals surface area contributed by atoms with Crippen molar-refractivity contribution in [2.45, 2.75) is 13.0 Å². The number of nitrogens with zero attached hydrogens (tertiary/aromatic N) is 1. The van der Waals surface area contributed by atoms with Crippen molar-refractivity contribution in [3.8, 4) is 0 Å². The number of halogens is 1. The SMILES string of the molecule is Cc1ccc(F)cc1C(=O)N[C@@H]1COC[C@H]1CS(=O)(=O)N(C)C. The van der Waals surface area contributed by atoms with E-state index in [0.29, 0.717) is 5.56 Å². The molecular weight excluding hydrogens is 323 g/mol. The van der Waals surface area contributed by atoms with E-state index < -0.39 is 27.8 Å². The number of ether oxygens (including phenoxy) is 1. The number of sulfonamides is 1. The maximum absolute atomic E-state index is 13.3. The highest BCUT2D eigenvalue weighted by Crippen LogP contribution is 2.18. The molecule has 6 nitrogen and oxygen atoms in total. The maximum Gasteiger partial charge on any atom is 0.251 e. The van der Waals surface area contributed by atoms with Gasteiger partial charge in [0.15, 0.2) is 0 Å². The van der Waals surface area contributed by atoms with Gasteiger partial charge in [-0.25, -0.2) is 17.1 Å². The second kappa shape index (κ2) is 6.94. The molecule has 1 saturated heterocycles. The van der Waals surface area contributed by atoms with Crippen LogP contribution in [0.4, 0.5) is 4.39 Å². The van der Waals surface area contributed by atoms with E-state index in [9.17, 15) is 17.6 Å². The number of rotatable bonds is 5. The number of aryl methyl sites for hydroxylation is 1. The largest absolute Gasteiger partial charge is 0.379 e. The average molecular weight is 344 g/mol. The van der Waals surface area contributed by atoms with Crippen LogP contribution in [0.15, 0.2) is 18.2 Å². The van der Waals surface area contributed by atoms with Crippen LogP contribution >= 0.6 is 0 Å². The molecule has 1 fully saturated rings. The van der Waals surface area contributed by atoms with Gasteiger partial charge in [-0.1, -0.05) is 6.07 Å². The minimum Gasteiger partial charge on any atom is -0.379 e. The Hall–Kier alpha value is -1.51. The fourth-order valence-corrected chi connectivity index (χ4v) is 3.59. The van der Waals surface area contributed by atoms with Gasteiger partial charge in [-0.2, -0.15) is 0 Å². The quantitative estimate of drug-likeness (QED) is 0.856. The van der Waals surface area contributed by atoms with Crippen molar-refractivity contribution >= 4 is 15.9 Å². The predicted molar refractivity (Wildman–Crippen MR) is 84.2 cm³/mol. The van der Waals surface area contributed by atoms with Crippen LogP contribution in [-0.4, -0.2) is 57.7 Å². The third kappa shape index (κ3) is 4.27. The monoisotopic (exact) mass is 344 g/mol. The zero-order chi connectivity index (χ0) is 17.2. The predicted octanol–water partition coefficient (Wildman–Crippen LogP) is 0.770. The van der Waals surface area contributed by atoms with Crippen molar-refractivity contribution in [1.82, 2.24) is 9.62 Å². The van der Waals surface area contributed by atoms with Gasteiger partial charge in [-0.05, 0) is 24.6 Å². The number of hydrogen-bond acceptors (Lipinski definition) is 4. The lowest BCUT2D eigenvalue weighted by Gasteiger charge is -2.21. The van der Waals surface area contributed by atoms with E-state index in [1.54, 1.807) is 6.92 Å². The van der Waals surface area contributed by atoms with Crippen LogP contribution in [0.3, 0.4) is 0 Å². The maximum atomic E-state index is 13.3. The number of carbonyl (C=O) groups excluding carboxylic acids is 1. The van der Waals surface area contributed by atoms with Crippen LogP contribution in [0.2, 0.25) is 0 Å². The van der Waals surface area contributed by atoms with Crippen LogP contribution in [0.25, 0.3) is 0 Å². The molecule has 2 rings (SSSR count). The van der Waals surface area contributed by atoms with E-state index >= 15 is 0 Å². The molecule has 1 aromatic rings. The molecule has 1 aliphatic rings. The summed E-state index contributed by atoms with van der Waals surface area (Å²) in [7, 11) is -0.454. The van der Waals surface area contributed by atoms with Crippen molar-refractivity contribution in [3.05, 3.63) is 35.1 Å². The summed E-state index contributed by atoms with van der Waals surface area (Å²) >= 11 is 0. The Morgan fingerprint density at radius 1 is 1.39 bits per heavy atom. The lowest BCUT2D eigenvalue weighted by atomic mass is 10.0. The highest BCUT2D eigenvalue weighted by Gasteiger charge is 2.34. The molecule has 0 radical (unpaired) electrons. The highest BCUT2D eigenvalue weighted by atomic mass is 32.2. The van der Waals surface area contributed by atoms with Gasteiger partial charge in [-0.15, -0.1) is 0 Å². The van der Waals surface area contributed by atoms with Crippen LogP contribution in [-0.2, 0) is 14.8 Å². The summed E-state index contributed by atoms with van der Waals surface area (Å²) in [4.78, 5) is 12.3. The molecule has 0 spiro atoms. The lowest BCUT2D eigenvalue weighted by Crippen LogP contribution is -2.43. The van der Waals surface area contributed by atoms with Gasteiger partial charge >= 0.3 is 0 Å². The van der Waals surface area contributed by atoms with E-state index in [2.05, 4.69) is 5.32 Å². The number of amides is 1. The Bertz CT molecular complexity index is 691. The molecule has 2 atom stereocenters. The summed E-state index contributed by atoms with van der Waals surface area (Å²) in [6, 6.07) is 3.58. The molecule has 0 bridgehead atoms. The molecule has 23 heavy (non-hydrogen) atoms. The second-order valence-corrected chi connectivity index (χ2v) is 8.13. The van der Waals surface area contributed by atoms with Crippen molar-refractivity contribution in [3.63, 3.8) is 0 Å². The van der Waals surface area contributed by atoms with Crippen molar-refractivity contribution in [2.75, 3.05) is 33.1 Å². The van der Waals surface area contributed by atoms with Crippen LogP contribution < -0.4 is 5.32 Å². The van der Waals surface area contributed by atoms with Gasteiger partial charge in [-0.3, -0.25) is 4.79 Å². The normalized spacial score (nSPS) is 21.6. The standard InChI is InChI=1S/C15H21FN2O4S/c1-10-4-5-12(16)6-13(10)15(19)17-14-8-22-7-11(14)9-23(20,21)18(2)3/h4-6,11,14H,7-9H2,1-3H3,(H,17,19)/t11-,14+/m0/s1. The third-order valence-electron chi connectivity index (χ3n) is 3.94. The first kappa shape index (κ1) is 17.8. The number of nitrogens with one attached hydrogen (secondary N) is 1. The van der Waals surface area contributed by atoms with Crippen molar-refractivity contribution in [1.29, 1.82) is 0 Å². The molecule has 0 unspecified atom stereocenters. The number of carbonyl (C=O) groups is 1. The Kier molecular flexibility index (Phi) is 5.38. The van der Waals surface area contributed by atoms with E-state index in [1.807, 2.05) is 0 Å². The molecule has 0 aromatic heterocycles. The fraction of sp³-hybridized carbons (Fsp3) is 0.533. The zero-order valence-corrected chi connectivity index (χ0v) is 14.2. The first-order valence-electron chi connectivity index (χ1n) is 7.25. The second-order valence-electron chi connectivity index (χ2n) is 5.90. The van der Waals surface area contributed by atoms with Gasteiger partial charge in [0, 0.05) is 25.6 Å². The van der Waals surface area contributed by atoms with Crippen molar-refractivity contribution < 1.29 is 22.3 Å². The summed E-state index contributed by atoms with van der Waals surface area (Å²) in [5.74, 6) is -1.35. The summed E-state index contributed by atoms with van der Waals surface area (Å²) in [5.41, 5.74) is 0.895. The van der Waals surface area contributed by atoms with Gasteiger partial charge in [0.25, 0.3) is 5.91 Å². The molecule has 1 heterocycles. The molecule has 8 heteroatoms. The minimum absolute atomic E-state index is 0.104. The zero-order valence-electron chi connectivity index (χ0n) is 13.4. The molecule has 0 saturated carbocycles. The average Bonchev–Trinajstić information content (AvgIpc) is 2.87. The summed E-state index contributed by atoms with van der Waals surface area (Å²) in [6.07, 6.45) is 0. The first-order valence-corrected chi connectivity index (χ1v) is 8.86. The molecule has 1 N–H and O–H groups in total. The molecule has 1 amide bonds. The molecular formula is C15H21FN2O4S. The van der Waals surface area contributed by atoms with Crippen LogP contribution in [0.5, 0.6) is 0 Å². The van der Waals surface area contributed by atoms with Crippen LogP contribution in [0, 0.1) is 18.7 Å². The number of hydrogen-bond donors (Lipinski definition) is 1. The van der Waals surface area contributed by atoms with Crippen LogP contribution in [0.1, 0.15) is 15.9 Å². The molecule has 1 aliphatic heterocycles. The highest BCUT2D eigenvalue weighted by molar-refractivity contribution is 7.89. The smallest absolute Gasteiger partial charge is 0.251 e. The van der Waals surface area contributed by atoms with E-state index in [1.165, 1.54) is 32.3 Å². The fourth-order valence-electron chi connectivity index (χ4n) is 2.43. The van der Waals surface area contributed by atoms with Gasteiger partial charge in [0.05, 0.1) is 25.0 Å². The van der Waals surface area contributed by atoms with Gasteiger partial charge in [0.1, 0.15) is 5.82 Å². The Morgan fingerprint density at radius 2 is 2.09 bits per heavy atom. The van der Waals surface area contributed by atoms with E-state index in [-0.39, 0.29) is 30.4 Å². The van der Waals surface area contributed by atoms with Gasteiger partial charge in [0.2, 0.25) is 10.0 Å². The Labute approximate surface area is 135 Å². The lowest BCUT2D eigenvalue weighted by molar-refractivity contribution is 0.0925. The summed E-state index contributed by atoms with van der Waals surface area (Å²) < 4.78 is 43.8. The summed E-state index contributed by atoms with van der Waals surface area (Å²) in [5, 5.41) is 2.76. The first-order chi connectivity index (χ1) is 10.7. The molecule has 0 aliphatic carbocycles. The summed E-state index contributed by atoms with van der Waals surface area (Å²) in [6.45, 7) is 2.22. The van der Waals surface area contributed by atoms with E-state index in [0.717, 1.165) is 4.31 Å². The minimum atomic E-state index is -3.39. The van der Waals surface area contributed by atoms with E-state index in [4.69, 9.17) is 4.74 Å². The topological polar surface area (TPSA) is 75.7 Å².